The lowest BCUT2D eigenvalue weighted by molar-refractivity contribution is -0.132. The second-order valence-corrected chi connectivity index (χ2v) is 11.1. The molecule has 0 radical (unpaired) electrons. The lowest BCUT2D eigenvalue weighted by Gasteiger charge is -2.37. The maximum absolute atomic E-state index is 12.7. The summed E-state index contributed by atoms with van der Waals surface area (Å²) in [7, 11) is 0. The van der Waals surface area contributed by atoms with Crippen LogP contribution in [0.5, 0.6) is 17.2 Å². The van der Waals surface area contributed by atoms with Gasteiger partial charge in [0.25, 0.3) is 0 Å². The van der Waals surface area contributed by atoms with E-state index in [0.29, 0.717) is 36.2 Å². The molecule has 0 saturated carbocycles. The summed E-state index contributed by atoms with van der Waals surface area (Å²) in [4.78, 5) is 36.8. The first-order chi connectivity index (χ1) is 16.5. The van der Waals surface area contributed by atoms with E-state index in [0.717, 1.165) is 5.56 Å². The Morgan fingerprint density at radius 1 is 1.03 bits per heavy atom. The van der Waals surface area contributed by atoms with E-state index in [9.17, 15) is 14.4 Å². The van der Waals surface area contributed by atoms with E-state index in [4.69, 9.17) is 14.2 Å². The zero-order chi connectivity index (χ0) is 25.6. The molecule has 6 nitrogen and oxygen atoms in total. The molecule has 0 bridgehead atoms. The van der Waals surface area contributed by atoms with E-state index in [1.54, 1.807) is 31.2 Å². The third-order valence-electron chi connectivity index (χ3n) is 5.38. The van der Waals surface area contributed by atoms with Gasteiger partial charge in [-0.3, -0.25) is 9.59 Å². The summed E-state index contributed by atoms with van der Waals surface area (Å²) in [5.41, 5.74) is 1.67. The lowest BCUT2D eigenvalue weighted by Crippen LogP contribution is -2.29. The zero-order valence-corrected chi connectivity index (χ0v) is 24.6. The van der Waals surface area contributed by atoms with Crippen molar-refractivity contribution in [2.24, 2.45) is 5.92 Å². The molecule has 180 valence electrons. The highest BCUT2D eigenvalue weighted by Gasteiger charge is 2.43. The number of hydrogen-bond acceptors (Lipinski definition) is 6. The Morgan fingerprint density at radius 2 is 1.71 bits per heavy atom. The minimum absolute atomic E-state index is 0.206. The summed E-state index contributed by atoms with van der Waals surface area (Å²) < 4.78 is 18.8. The molecule has 0 saturated heterocycles. The molecule has 0 fully saturated rings. The van der Waals surface area contributed by atoms with Gasteiger partial charge >= 0.3 is 11.9 Å². The molecule has 4 rings (SSSR count). The van der Waals surface area contributed by atoms with Gasteiger partial charge in [-0.1, -0.05) is 30.9 Å². The molecule has 0 amide bonds. The number of ether oxygens (including phenoxy) is 3. The molecule has 0 aromatic heterocycles. The summed E-state index contributed by atoms with van der Waals surface area (Å²) in [6, 6.07) is 8.98. The first-order valence-corrected chi connectivity index (χ1v) is 13.3. The summed E-state index contributed by atoms with van der Waals surface area (Å²) >= 11 is 13.8. The number of allylic oxidation sites excluding steroid dienone is 3. The normalized spacial score (nSPS) is 18.7. The van der Waals surface area contributed by atoms with E-state index in [1.807, 2.05) is 12.1 Å². The van der Waals surface area contributed by atoms with E-state index < -0.39 is 23.8 Å². The van der Waals surface area contributed by atoms with Crippen molar-refractivity contribution in [3.05, 3.63) is 83.4 Å². The van der Waals surface area contributed by atoms with Gasteiger partial charge in [-0.25, -0.2) is 4.79 Å². The summed E-state index contributed by atoms with van der Waals surface area (Å²) in [6.45, 7) is 6.50. The van der Waals surface area contributed by atoms with Crippen LogP contribution in [0.25, 0.3) is 0 Å². The quantitative estimate of drug-likeness (QED) is 0.188. The number of carbonyl (C=O) groups excluding carboxylic acids is 3. The summed E-state index contributed by atoms with van der Waals surface area (Å²) in [6.07, 6.45) is 1.78. The zero-order valence-electron chi connectivity index (χ0n) is 18.3. The number of benzene rings is 2. The molecule has 2 aromatic carbocycles. The second kappa shape index (κ2) is 10.2. The molecule has 2 aliphatic rings. The van der Waals surface area contributed by atoms with Gasteiger partial charge in [0.2, 0.25) is 5.78 Å². The number of carbonyl (C=O) groups is 3. The maximum atomic E-state index is 12.7. The van der Waals surface area contributed by atoms with Crippen LogP contribution in [0.4, 0.5) is 0 Å². The van der Waals surface area contributed by atoms with E-state index >= 15 is 0 Å². The number of ketones is 1. The Labute approximate surface area is 234 Å². The Kier molecular flexibility index (Phi) is 7.57. The van der Waals surface area contributed by atoms with E-state index in [-0.39, 0.29) is 21.6 Å². The van der Waals surface area contributed by atoms with Gasteiger partial charge in [-0.05, 0) is 82.8 Å². The minimum atomic E-state index is -0.600. The fourth-order valence-corrected chi connectivity index (χ4v) is 6.60. The van der Waals surface area contributed by atoms with Gasteiger partial charge < -0.3 is 14.2 Å². The van der Waals surface area contributed by atoms with Gasteiger partial charge in [0.15, 0.2) is 5.75 Å². The highest BCUT2D eigenvalue weighted by molar-refractivity contribution is 9.13. The summed E-state index contributed by atoms with van der Waals surface area (Å²) in [5, 5.41) is 0. The molecule has 10 heteroatoms. The van der Waals surface area contributed by atoms with Crippen LogP contribution in [0.15, 0.2) is 72.2 Å². The molecular formula is C25H16Br4O6. The number of fused-ring (bicyclic) bond motifs is 2. The van der Waals surface area contributed by atoms with Crippen LogP contribution in [-0.2, 0) is 14.4 Å². The molecule has 0 spiro atoms. The molecule has 1 aliphatic heterocycles. The monoisotopic (exact) mass is 728 g/mol. The predicted octanol–water partition coefficient (Wildman–Crippen LogP) is 7.23. The molecule has 35 heavy (non-hydrogen) atoms. The number of rotatable bonds is 4. The molecule has 0 N–H and O–H groups in total. The van der Waals surface area contributed by atoms with Gasteiger partial charge in [0.05, 0.1) is 8.96 Å². The number of Topliss-reactive ketones (excluding diaryl/α,β-unsaturated/α-hetero) is 1. The van der Waals surface area contributed by atoms with Crippen molar-refractivity contribution in [3.8, 4) is 17.2 Å². The third kappa shape index (κ3) is 4.85. The molecular weight excluding hydrogens is 716 g/mol. The number of para-hydroxylation sites is 1. The fourth-order valence-electron chi connectivity index (χ4n) is 3.89. The van der Waals surface area contributed by atoms with E-state index in [1.165, 1.54) is 6.92 Å². The van der Waals surface area contributed by atoms with Crippen LogP contribution in [-0.4, -0.2) is 17.7 Å². The van der Waals surface area contributed by atoms with Crippen LogP contribution in [0.2, 0.25) is 0 Å². The van der Waals surface area contributed by atoms with Gasteiger partial charge in [0, 0.05) is 35.5 Å². The van der Waals surface area contributed by atoms with Crippen molar-refractivity contribution in [1.82, 2.24) is 0 Å². The lowest BCUT2D eigenvalue weighted by atomic mass is 9.75. The SMILES string of the molecule is C=C(C)C(=O)Oc1c(Br)cc2c(c1Br)OC1=C(Br)C(=O)C(Br)=CC1C2c1ccccc1OC(C)=O. The minimum Gasteiger partial charge on any atom is -0.458 e. The third-order valence-corrected chi connectivity index (χ3v) is 8.06. The number of hydrogen-bond donors (Lipinski definition) is 0. The predicted molar refractivity (Wildman–Crippen MR) is 144 cm³/mol. The topological polar surface area (TPSA) is 78.9 Å². The average Bonchev–Trinajstić information content (AvgIpc) is 2.79. The van der Waals surface area contributed by atoms with Crippen molar-refractivity contribution in [1.29, 1.82) is 0 Å². The van der Waals surface area contributed by atoms with Gasteiger partial charge in [-0.2, -0.15) is 0 Å². The van der Waals surface area contributed by atoms with Gasteiger partial charge in [-0.15, -0.1) is 0 Å². The second-order valence-electron chi connectivity index (χ2n) is 7.85. The van der Waals surface area contributed by atoms with Crippen molar-refractivity contribution in [2.75, 3.05) is 0 Å². The van der Waals surface area contributed by atoms with Crippen molar-refractivity contribution >= 4 is 81.4 Å². The maximum Gasteiger partial charge on any atom is 0.338 e. The highest BCUT2D eigenvalue weighted by atomic mass is 79.9. The van der Waals surface area contributed by atoms with Crippen LogP contribution in [0, 0.1) is 5.92 Å². The van der Waals surface area contributed by atoms with Crippen LogP contribution < -0.4 is 14.2 Å². The van der Waals surface area contributed by atoms with E-state index in [2.05, 4.69) is 70.3 Å². The summed E-state index contributed by atoms with van der Waals surface area (Å²) in [5.74, 6) is -0.819. The number of esters is 2. The van der Waals surface area contributed by atoms with Crippen LogP contribution in [0.1, 0.15) is 30.9 Å². The van der Waals surface area contributed by atoms with Crippen molar-refractivity contribution in [3.63, 3.8) is 0 Å². The van der Waals surface area contributed by atoms with Crippen LogP contribution >= 0.6 is 63.7 Å². The first kappa shape index (κ1) is 26.1. The van der Waals surface area contributed by atoms with Crippen LogP contribution in [0.3, 0.4) is 0 Å². The molecule has 1 aliphatic carbocycles. The van der Waals surface area contributed by atoms with Gasteiger partial charge in [0.1, 0.15) is 26.2 Å². The Bertz CT molecular complexity index is 1370. The average molecular weight is 732 g/mol. The molecule has 2 aromatic rings. The standard InChI is InChI=1S/C25H16Br4O6/c1-10(2)25(32)35-24-16(27)9-14-18(12-6-4-5-7-17(12)33-11(3)30)13-8-15(26)21(31)19(28)22(13)34-23(14)20(24)29/h4-9,13,18H,1H2,2-3H3. The molecule has 1 heterocycles. The smallest absolute Gasteiger partial charge is 0.338 e. The first-order valence-electron chi connectivity index (χ1n) is 10.2. The van der Waals surface area contributed by atoms with Crippen molar-refractivity contribution < 1.29 is 28.6 Å². The Morgan fingerprint density at radius 3 is 2.37 bits per heavy atom. The molecule has 2 unspecified atom stereocenters. The molecule has 2 atom stereocenters. The Balaban J connectivity index is 2.00. The van der Waals surface area contributed by atoms with Crippen molar-refractivity contribution in [2.45, 2.75) is 19.8 Å². The largest absolute Gasteiger partial charge is 0.458 e. The number of halogens is 4. The fraction of sp³-hybridized carbons (Fsp3) is 0.160. The Hall–Kier alpha value is -2.01. The highest BCUT2D eigenvalue weighted by Crippen LogP contribution is 2.56.